The molecule has 0 aliphatic heterocycles. The summed E-state index contributed by atoms with van der Waals surface area (Å²) in [5.41, 5.74) is -0.0261. The third-order valence-electron chi connectivity index (χ3n) is 3.24. The lowest BCUT2D eigenvalue weighted by Crippen LogP contribution is -2.45. The van der Waals surface area contributed by atoms with Gasteiger partial charge in [-0.3, -0.25) is 4.79 Å². The summed E-state index contributed by atoms with van der Waals surface area (Å²) < 4.78 is 7.38. The normalized spacial score (nSPS) is 13.3. The number of nitrogens with one attached hydrogen (secondary N) is 1. The number of amides is 1. The van der Waals surface area contributed by atoms with E-state index in [2.05, 4.69) is 37.2 Å². The maximum Gasteiger partial charge on any atom is 0.259 e. The first-order valence-electron chi connectivity index (χ1n) is 6.96. The molecule has 2 aromatic carbocycles. The molecule has 122 valence electrons. The molecular formula is C17H17Br2NO3. The molecule has 4 nitrogen and oxygen atoms in total. The molecule has 2 N–H and O–H groups in total. The number of carbonyl (C=O) groups is 1. The van der Waals surface area contributed by atoms with Crippen LogP contribution in [0.4, 0.5) is 5.69 Å². The minimum Gasteiger partial charge on any atom is -0.490 e. The summed E-state index contributed by atoms with van der Waals surface area (Å²) >= 11 is 6.74. The fraction of sp³-hybridized carbons (Fsp3) is 0.235. The predicted octanol–water partition coefficient (Wildman–Crippen LogP) is 4.29. The van der Waals surface area contributed by atoms with Gasteiger partial charge in [0.15, 0.2) is 5.60 Å². The number of hydrogen-bond acceptors (Lipinski definition) is 3. The van der Waals surface area contributed by atoms with Crippen LogP contribution in [0.1, 0.15) is 12.5 Å². The quantitative estimate of drug-likeness (QED) is 0.726. The number of benzene rings is 2. The van der Waals surface area contributed by atoms with E-state index in [4.69, 9.17) is 4.74 Å². The van der Waals surface area contributed by atoms with E-state index in [1.54, 1.807) is 18.2 Å². The smallest absolute Gasteiger partial charge is 0.259 e. The van der Waals surface area contributed by atoms with Gasteiger partial charge in [0.25, 0.3) is 5.91 Å². The van der Waals surface area contributed by atoms with Crippen molar-refractivity contribution in [1.82, 2.24) is 0 Å². The molecule has 6 heteroatoms. The Kier molecular flexibility index (Phi) is 5.84. The minimum absolute atomic E-state index is 0.143. The Bertz CT molecular complexity index is 699. The van der Waals surface area contributed by atoms with E-state index in [-0.39, 0.29) is 6.61 Å². The zero-order chi connectivity index (χ0) is 17.0. The van der Waals surface area contributed by atoms with E-state index in [1.165, 1.54) is 6.92 Å². The van der Waals surface area contributed by atoms with Gasteiger partial charge in [-0.1, -0.05) is 31.9 Å². The molecule has 1 unspecified atom stereocenters. The van der Waals surface area contributed by atoms with Crippen LogP contribution in [-0.2, 0) is 4.79 Å². The molecule has 1 amide bonds. The zero-order valence-corrected chi connectivity index (χ0v) is 15.9. The van der Waals surface area contributed by atoms with Crippen molar-refractivity contribution in [3.63, 3.8) is 0 Å². The zero-order valence-electron chi connectivity index (χ0n) is 12.8. The number of rotatable bonds is 5. The van der Waals surface area contributed by atoms with Gasteiger partial charge in [-0.05, 0) is 61.9 Å². The van der Waals surface area contributed by atoms with E-state index >= 15 is 0 Å². The number of aliphatic hydroxyl groups is 1. The average Bonchev–Trinajstić information content (AvgIpc) is 2.50. The molecule has 2 aromatic rings. The minimum atomic E-state index is -1.64. The summed E-state index contributed by atoms with van der Waals surface area (Å²) in [6.07, 6.45) is 0. The highest BCUT2D eigenvalue weighted by Crippen LogP contribution is 2.22. The molecule has 0 spiro atoms. The molecule has 0 bridgehead atoms. The van der Waals surface area contributed by atoms with Crippen LogP contribution in [0.2, 0.25) is 0 Å². The van der Waals surface area contributed by atoms with Crippen molar-refractivity contribution in [2.75, 3.05) is 11.9 Å². The van der Waals surface area contributed by atoms with E-state index in [1.807, 2.05) is 31.2 Å². The second kappa shape index (κ2) is 7.47. The van der Waals surface area contributed by atoms with Crippen LogP contribution in [0, 0.1) is 6.92 Å². The SMILES string of the molecule is Cc1cc(NC(=O)C(C)(O)COc2ccc(Br)cc2)ccc1Br. The van der Waals surface area contributed by atoms with Crippen LogP contribution in [0.5, 0.6) is 5.75 Å². The lowest BCUT2D eigenvalue weighted by atomic mass is 10.1. The highest BCUT2D eigenvalue weighted by molar-refractivity contribution is 9.10. The highest BCUT2D eigenvalue weighted by atomic mass is 79.9. The Morgan fingerprint density at radius 3 is 2.48 bits per heavy atom. The van der Waals surface area contributed by atoms with Crippen LogP contribution in [-0.4, -0.2) is 23.2 Å². The van der Waals surface area contributed by atoms with Crippen LogP contribution < -0.4 is 10.1 Å². The summed E-state index contributed by atoms with van der Waals surface area (Å²) in [5, 5.41) is 13.0. The molecule has 1 atom stereocenters. The monoisotopic (exact) mass is 441 g/mol. The first kappa shape index (κ1) is 18.0. The predicted molar refractivity (Wildman–Crippen MR) is 97.8 cm³/mol. The Morgan fingerprint density at radius 1 is 1.22 bits per heavy atom. The lowest BCUT2D eigenvalue weighted by Gasteiger charge is -2.22. The second-order valence-corrected chi connectivity index (χ2v) is 7.20. The fourth-order valence-corrected chi connectivity index (χ4v) is 2.32. The maximum atomic E-state index is 12.2. The summed E-state index contributed by atoms with van der Waals surface area (Å²) in [6.45, 7) is 3.21. The van der Waals surface area contributed by atoms with Gasteiger partial charge in [-0.25, -0.2) is 0 Å². The Balaban J connectivity index is 1.98. The topological polar surface area (TPSA) is 58.6 Å². The second-order valence-electron chi connectivity index (χ2n) is 5.43. The number of anilines is 1. The molecule has 0 aliphatic rings. The van der Waals surface area contributed by atoms with Crippen molar-refractivity contribution in [2.24, 2.45) is 0 Å². The van der Waals surface area contributed by atoms with E-state index in [9.17, 15) is 9.90 Å². The Morgan fingerprint density at radius 2 is 1.87 bits per heavy atom. The van der Waals surface area contributed by atoms with Gasteiger partial charge in [0.1, 0.15) is 12.4 Å². The number of ether oxygens (including phenoxy) is 1. The van der Waals surface area contributed by atoms with Gasteiger partial charge in [-0.15, -0.1) is 0 Å². The van der Waals surface area contributed by atoms with Gasteiger partial charge in [0.05, 0.1) is 0 Å². The van der Waals surface area contributed by atoms with Gasteiger partial charge >= 0.3 is 0 Å². The Labute approximate surface area is 152 Å². The van der Waals surface area contributed by atoms with E-state index in [0.717, 1.165) is 14.5 Å². The fourth-order valence-electron chi connectivity index (χ4n) is 1.81. The molecule has 23 heavy (non-hydrogen) atoms. The first-order valence-corrected chi connectivity index (χ1v) is 8.55. The van der Waals surface area contributed by atoms with Crippen molar-refractivity contribution >= 4 is 43.5 Å². The van der Waals surface area contributed by atoms with Crippen LogP contribution in [0.15, 0.2) is 51.4 Å². The number of aryl methyl sites for hydroxylation is 1. The van der Waals surface area contributed by atoms with Crippen molar-refractivity contribution < 1.29 is 14.6 Å². The molecule has 0 heterocycles. The summed E-state index contributed by atoms with van der Waals surface area (Å²) in [6, 6.07) is 12.6. The van der Waals surface area contributed by atoms with Gasteiger partial charge in [0.2, 0.25) is 0 Å². The largest absolute Gasteiger partial charge is 0.490 e. The third-order valence-corrected chi connectivity index (χ3v) is 4.66. The Hall–Kier alpha value is -1.37. The molecule has 0 saturated heterocycles. The van der Waals surface area contributed by atoms with Crippen LogP contribution in [0.3, 0.4) is 0 Å². The standard InChI is InChI=1S/C17H17Br2NO3/c1-11-9-13(5-8-15(11)19)20-16(21)17(2,22)10-23-14-6-3-12(18)4-7-14/h3-9,22H,10H2,1-2H3,(H,20,21). The number of halogens is 2. The lowest BCUT2D eigenvalue weighted by molar-refractivity contribution is -0.135. The molecule has 0 radical (unpaired) electrons. The van der Waals surface area contributed by atoms with Gasteiger partial charge < -0.3 is 15.2 Å². The van der Waals surface area contributed by atoms with Crippen molar-refractivity contribution in [3.8, 4) is 5.75 Å². The van der Waals surface area contributed by atoms with Crippen LogP contribution >= 0.6 is 31.9 Å². The van der Waals surface area contributed by atoms with Crippen LogP contribution in [0.25, 0.3) is 0 Å². The third kappa shape index (κ3) is 5.06. The molecular weight excluding hydrogens is 426 g/mol. The molecule has 0 fully saturated rings. The first-order chi connectivity index (χ1) is 10.8. The van der Waals surface area contributed by atoms with Crippen molar-refractivity contribution in [1.29, 1.82) is 0 Å². The summed E-state index contributed by atoms with van der Waals surface area (Å²) in [7, 11) is 0. The number of hydrogen-bond donors (Lipinski definition) is 2. The molecule has 0 aliphatic carbocycles. The highest BCUT2D eigenvalue weighted by Gasteiger charge is 2.31. The summed E-state index contributed by atoms with van der Waals surface area (Å²) in [4.78, 5) is 12.2. The molecule has 0 aromatic heterocycles. The molecule has 0 saturated carbocycles. The van der Waals surface area contributed by atoms with Gasteiger partial charge in [-0.2, -0.15) is 0 Å². The molecule has 2 rings (SSSR count). The van der Waals surface area contributed by atoms with Gasteiger partial charge in [0, 0.05) is 14.6 Å². The van der Waals surface area contributed by atoms with Crippen molar-refractivity contribution in [3.05, 3.63) is 57.0 Å². The van der Waals surface area contributed by atoms with Crippen molar-refractivity contribution in [2.45, 2.75) is 19.4 Å². The average molecular weight is 443 g/mol. The maximum absolute atomic E-state index is 12.2. The number of carbonyl (C=O) groups excluding carboxylic acids is 1. The van der Waals surface area contributed by atoms with E-state index < -0.39 is 11.5 Å². The van der Waals surface area contributed by atoms with E-state index in [0.29, 0.717) is 11.4 Å². The summed E-state index contributed by atoms with van der Waals surface area (Å²) in [5.74, 6) is 0.0668.